The van der Waals surface area contributed by atoms with Gasteiger partial charge in [0.2, 0.25) is 0 Å². The molecule has 4 aliphatic rings. The summed E-state index contributed by atoms with van der Waals surface area (Å²) in [6.45, 7) is 29.1. The molecule has 0 bridgehead atoms. The van der Waals surface area contributed by atoms with Gasteiger partial charge < -0.3 is 14.7 Å². The lowest BCUT2D eigenvalue weighted by atomic mass is 9.88. The minimum atomic E-state index is 0.190. The molecule has 0 heterocycles. The molecule has 0 N–H and O–H groups in total. The molecule has 14 aromatic rings. The molecule has 0 radical (unpaired) electrons. The Kier molecular flexibility index (Phi) is 39.9. The van der Waals surface area contributed by atoms with Gasteiger partial charge in [0.1, 0.15) is 0 Å². The van der Waals surface area contributed by atoms with Gasteiger partial charge in [-0.25, -0.2) is 0 Å². The summed E-state index contributed by atoms with van der Waals surface area (Å²) in [5, 5.41) is 5.21. The third-order valence-electron chi connectivity index (χ3n) is 28.0. The summed E-state index contributed by atoms with van der Waals surface area (Å²) in [6.07, 6.45) is 78.1. The Morgan fingerprint density at radius 1 is 0.369 bits per heavy atom. The van der Waals surface area contributed by atoms with Gasteiger partial charge in [0.25, 0.3) is 0 Å². The second kappa shape index (κ2) is 55.9. The van der Waals surface area contributed by atoms with Crippen molar-refractivity contribution in [2.75, 3.05) is 9.80 Å². The van der Waals surface area contributed by atoms with Crippen LogP contribution in [0.2, 0.25) is 0 Å². The second-order valence-electron chi connectivity index (χ2n) is 38.1. The van der Waals surface area contributed by atoms with Gasteiger partial charge in [0.05, 0.1) is 6.04 Å². The quantitative estimate of drug-likeness (QED) is 0.0226. The van der Waals surface area contributed by atoms with Gasteiger partial charge in [-0.05, 0) is 317 Å². The molecule has 0 saturated carbocycles. The molecule has 4 atom stereocenters. The van der Waals surface area contributed by atoms with E-state index in [4.69, 9.17) is 0 Å². The first-order valence-corrected chi connectivity index (χ1v) is 52.7. The topological polar surface area (TPSA) is 9.72 Å². The Bertz CT molecular complexity index is 7500. The second-order valence-corrected chi connectivity index (χ2v) is 38.1. The largest absolute Gasteiger partial charge is 0.345 e. The average Bonchev–Trinajstić information content (AvgIpc) is 0.764. The van der Waals surface area contributed by atoms with Gasteiger partial charge >= 0.3 is 0 Å². The van der Waals surface area contributed by atoms with E-state index in [1.165, 1.54) is 167 Å². The predicted octanol–water partition coefficient (Wildman–Crippen LogP) is 40.8. The summed E-state index contributed by atoms with van der Waals surface area (Å²) in [4.78, 5) is 7.24. The van der Waals surface area contributed by atoms with E-state index in [-0.39, 0.29) is 17.9 Å². The van der Waals surface area contributed by atoms with Crippen molar-refractivity contribution in [2.45, 2.75) is 125 Å². The number of allylic oxidation sites excluding steroid dienone is 38. The summed E-state index contributed by atoms with van der Waals surface area (Å²) in [5.74, 6) is 0.885. The maximum atomic E-state index is 4.14. The maximum Gasteiger partial charge on any atom is 0.0556 e. The monoisotopic (exact) mass is 1940 g/mol. The van der Waals surface area contributed by atoms with Crippen molar-refractivity contribution in [1.29, 1.82) is 0 Å². The number of fused-ring (bicyclic) bond motifs is 3. The van der Waals surface area contributed by atoms with E-state index in [0.29, 0.717) is 5.92 Å². The molecule has 0 amide bonds. The van der Waals surface area contributed by atoms with E-state index in [1.807, 2.05) is 68.5 Å². The van der Waals surface area contributed by atoms with E-state index < -0.39 is 0 Å². The Morgan fingerprint density at radius 3 is 1.47 bits per heavy atom. The van der Waals surface area contributed by atoms with Gasteiger partial charge in [0.15, 0.2) is 0 Å². The smallest absolute Gasteiger partial charge is 0.0556 e. The van der Waals surface area contributed by atoms with Crippen molar-refractivity contribution in [2.24, 2.45) is 5.92 Å². The van der Waals surface area contributed by atoms with Crippen LogP contribution in [0.5, 0.6) is 0 Å². The number of nitrogens with zero attached hydrogens (tertiary/aromatic N) is 3. The third kappa shape index (κ3) is 29.7. The molecular weight excluding hydrogens is 1800 g/mol. The summed E-state index contributed by atoms with van der Waals surface area (Å²) in [6, 6.07) is 128. The fraction of sp³-hybridized carbons (Fsp3) is 0.137. The zero-order valence-electron chi connectivity index (χ0n) is 88.0. The highest BCUT2D eigenvalue weighted by Gasteiger charge is 2.27. The molecular formula is C146H141N3. The standard InChI is InChI=1S/C48H41N.C48H49N.C44H45N.C6H6/c1-5-14-36(15-6-1)39-24-28-44(29-25-39)49(45-30-26-40(27-31-45)37-16-7-2-8-17-37)46-32-33-47(41-20-11-4-12-21-41)48(35-46)43-23-13-22-42(34-43)38-18-9-3-10-19-38;1-7-10-12-15-22-41(9-3)23-20-36-49(40(6)29-28-39(5)38(4)21-11-8-2)46-34-35-47(44-26-18-14-19-27-44)48(37-46)45-32-30-43(31-33-45)42-24-16-13-17-25-42;1-6-8-18-33(3)34(4)28-29-35(5)45(30-17-23-36(7-2)37-19-10-9-11-20-37)40-24-16-22-38(31-40)44-32-39-21-12-13-25-41(39)42-26-14-15-27-43(42)44;1-2-4-6-5-3-1/h1-7,9-16,18-24,26,28-30,32-35,39H,8,17,25,27,31H2;7-22,24-37,41H,1,3,23H2,2,4-6H3;6-22,24-30,32,36,40H,2,23,31H2,1,3-5H3;1-6H/b;11-8-,12-10-,22-15+,36-20+,38-21+,39-28+,40-29+;8-6-,30-17+,33-18+,34-28+,35-29+;. The van der Waals surface area contributed by atoms with Gasteiger partial charge in [-0.2, -0.15) is 0 Å². The van der Waals surface area contributed by atoms with Gasteiger partial charge in [0, 0.05) is 58.4 Å². The van der Waals surface area contributed by atoms with E-state index in [1.54, 1.807) is 6.08 Å². The van der Waals surface area contributed by atoms with Crippen LogP contribution in [0.4, 0.5) is 11.4 Å². The molecule has 0 spiro atoms. The number of benzene rings is 14. The molecule has 4 unspecified atom stereocenters. The Balaban J connectivity index is 0.000000162. The molecule has 4 aliphatic carbocycles. The fourth-order valence-corrected chi connectivity index (χ4v) is 19.3. The molecule has 18 rings (SSSR count). The number of rotatable bonds is 34. The fourth-order valence-electron chi connectivity index (χ4n) is 19.3. The lowest BCUT2D eigenvalue weighted by Gasteiger charge is -2.33. The van der Waals surface area contributed by atoms with Crippen molar-refractivity contribution < 1.29 is 0 Å². The van der Waals surface area contributed by atoms with Crippen LogP contribution in [0.1, 0.15) is 135 Å². The minimum Gasteiger partial charge on any atom is -0.345 e. The van der Waals surface area contributed by atoms with Crippen LogP contribution in [0.15, 0.2) is 629 Å². The summed E-state index contributed by atoms with van der Waals surface area (Å²) in [5.41, 5.74) is 35.0. The van der Waals surface area contributed by atoms with Gasteiger partial charge in [-0.15, -0.1) is 13.2 Å². The molecule has 0 saturated heterocycles. The van der Waals surface area contributed by atoms with Crippen molar-refractivity contribution in [1.82, 2.24) is 4.90 Å². The van der Waals surface area contributed by atoms with E-state index in [0.717, 1.165) is 62.8 Å². The zero-order valence-corrected chi connectivity index (χ0v) is 88.0. The predicted molar refractivity (Wildman–Crippen MR) is 650 cm³/mol. The highest BCUT2D eigenvalue weighted by Crippen LogP contribution is 2.45. The van der Waals surface area contributed by atoms with Crippen molar-refractivity contribution >= 4 is 38.5 Å². The Labute approximate surface area is 889 Å². The van der Waals surface area contributed by atoms with Crippen LogP contribution < -0.4 is 9.80 Å². The zero-order chi connectivity index (χ0) is 104. The van der Waals surface area contributed by atoms with Crippen LogP contribution in [0, 0.1) is 5.92 Å². The molecule has 0 aromatic heterocycles. The molecule has 3 nitrogen and oxygen atoms in total. The van der Waals surface area contributed by atoms with Crippen LogP contribution in [0.3, 0.4) is 0 Å². The third-order valence-corrected chi connectivity index (χ3v) is 28.0. The van der Waals surface area contributed by atoms with Crippen LogP contribution in [0.25, 0.3) is 93.9 Å². The van der Waals surface area contributed by atoms with Crippen molar-refractivity contribution in [3.63, 3.8) is 0 Å². The van der Waals surface area contributed by atoms with Crippen LogP contribution >= 0.6 is 0 Å². The van der Waals surface area contributed by atoms with E-state index in [2.05, 4.69) is 568 Å². The van der Waals surface area contributed by atoms with Crippen molar-refractivity contribution in [3.05, 3.63) is 645 Å². The Hall–Kier alpha value is -17.0. The first kappa shape index (κ1) is 106. The van der Waals surface area contributed by atoms with E-state index >= 15 is 0 Å². The lowest BCUT2D eigenvalue weighted by molar-refractivity contribution is 0.395. The molecule has 3 heteroatoms. The molecule has 14 aromatic carbocycles. The summed E-state index contributed by atoms with van der Waals surface area (Å²) >= 11 is 0. The van der Waals surface area contributed by atoms with Crippen LogP contribution in [-0.2, 0) is 0 Å². The highest BCUT2D eigenvalue weighted by atomic mass is 15.2. The first-order chi connectivity index (χ1) is 73.2. The van der Waals surface area contributed by atoms with E-state index in [9.17, 15) is 0 Å². The summed E-state index contributed by atoms with van der Waals surface area (Å²) in [7, 11) is 0. The normalized spacial score (nSPS) is 15.5. The van der Waals surface area contributed by atoms with Crippen LogP contribution in [-0.4, -0.2) is 10.9 Å². The molecule has 740 valence electrons. The number of hydrogen-bond donors (Lipinski definition) is 0. The maximum absolute atomic E-state index is 4.14. The number of anilines is 2. The minimum absolute atomic E-state index is 0.190. The first-order valence-electron chi connectivity index (χ1n) is 52.7. The Morgan fingerprint density at radius 2 is 0.879 bits per heavy atom. The molecule has 0 fully saturated rings. The lowest BCUT2D eigenvalue weighted by Crippen LogP contribution is -2.29. The van der Waals surface area contributed by atoms with Gasteiger partial charge in [-0.3, -0.25) is 0 Å². The average molecular weight is 1940 g/mol. The SMILES string of the molecule is C1=CCCC(C2=CC=C(N(C3=CCC(c4ccccc4)C=C3)c3ccc(-c4ccccc4)c(-c4cccc(-c5ccccc5)c4)c3)CC2)=C1.C=C/C=C\C=C\C(C=C)C/C=C/N(/C(C)=C/C=C(C)/C(C)=C/C=C\C)c1ccc(-c2ccccc2)c(-c2ccc(-c3ccccc3)cc2)c1.C=CC(C/C=C/N(/C(C)=C/C=C(C)/C(C)=C/C=C\C)C1C=CC=C(c2cc3ccccc3c3ccccc23)C1)c1ccccc1.c1ccccc1. The molecule has 0 aliphatic heterocycles. The van der Waals surface area contributed by atoms with Crippen molar-refractivity contribution in [3.8, 4) is 66.8 Å². The highest BCUT2D eigenvalue weighted by molar-refractivity contribution is 6.12. The molecule has 149 heavy (non-hydrogen) atoms. The van der Waals surface area contributed by atoms with Gasteiger partial charge in [-0.1, -0.05) is 486 Å². The summed E-state index contributed by atoms with van der Waals surface area (Å²) < 4.78 is 0. The number of hydrogen-bond acceptors (Lipinski definition) is 3.